The zero-order valence-corrected chi connectivity index (χ0v) is 9.15. The van der Waals surface area contributed by atoms with Gasteiger partial charge in [0, 0.05) is 0 Å². The molecule has 0 aliphatic heterocycles. The van der Waals surface area contributed by atoms with Crippen molar-refractivity contribution in [2.24, 2.45) is 0 Å². The van der Waals surface area contributed by atoms with Gasteiger partial charge in [0.2, 0.25) is 0 Å². The number of halogens is 2. The van der Waals surface area contributed by atoms with Crippen LogP contribution in [0.2, 0.25) is 0 Å². The van der Waals surface area contributed by atoms with E-state index in [1.807, 2.05) is 0 Å². The monoisotopic (exact) mass is 327 g/mol. The van der Waals surface area contributed by atoms with Gasteiger partial charge in [0.1, 0.15) is 0 Å². The first-order chi connectivity index (χ1) is 3.13. The molecule has 46 valence electrons. The van der Waals surface area contributed by atoms with E-state index >= 15 is 0 Å². The topological polar surface area (TPSA) is 12.0 Å². The van der Waals surface area contributed by atoms with E-state index in [-0.39, 0.29) is 0 Å². The van der Waals surface area contributed by atoms with Gasteiger partial charge in [-0.1, -0.05) is 0 Å². The first-order valence-electron chi connectivity index (χ1n) is 2.03. The van der Waals surface area contributed by atoms with E-state index in [1.54, 1.807) is 0 Å². The number of hydrogen-bond acceptors (Lipinski definition) is 1. The Morgan fingerprint density at radius 1 is 1.57 bits per heavy atom. The third-order valence-electron chi connectivity index (χ3n) is 0.369. The van der Waals surface area contributed by atoms with Crippen molar-refractivity contribution in [1.82, 2.24) is 3.53 Å². The minimum atomic E-state index is -0.627. The molecule has 3 heteroatoms. The van der Waals surface area contributed by atoms with Crippen LogP contribution in [0.25, 0.3) is 0 Å². The Kier molecular flexibility index (Phi) is 5.19. The van der Waals surface area contributed by atoms with Crippen LogP contribution in [0.5, 0.6) is 0 Å². The zero-order chi connectivity index (χ0) is 5.86. The Balaban J connectivity index is 2.95. The molecule has 0 bridgehead atoms. The molecule has 1 nitrogen and oxygen atoms in total. The van der Waals surface area contributed by atoms with E-state index in [0.29, 0.717) is 4.05 Å². The number of rotatable bonds is 2. The summed E-state index contributed by atoms with van der Waals surface area (Å²) in [5.41, 5.74) is 0. The Hall–Kier alpha value is 1.42. The molecule has 1 atom stereocenters. The van der Waals surface area contributed by atoms with Crippen molar-refractivity contribution in [3.63, 3.8) is 0 Å². The van der Waals surface area contributed by atoms with Crippen LogP contribution in [-0.2, 0) is 0 Å². The van der Waals surface area contributed by atoms with Crippen LogP contribution in [0, 0.1) is 0 Å². The molecule has 0 unspecified atom stereocenters. The van der Waals surface area contributed by atoms with Gasteiger partial charge in [-0.05, 0) is 0 Å². The fourth-order valence-electron chi connectivity index (χ4n) is 0.301. The van der Waals surface area contributed by atoms with Gasteiger partial charge in [0.25, 0.3) is 0 Å². The van der Waals surface area contributed by atoms with Crippen molar-refractivity contribution in [3.8, 4) is 0 Å². The molecular formula is C4H11I2N. The molecular weight excluding hydrogens is 316 g/mol. The van der Waals surface area contributed by atoms with E-state index in [0.717, 1.165) is 0 Å². The molecule has 7 heavy (non-hydrogen) atoms. The van der Waals surface area contributed by atoms with Crippen molar-refractivity contribution < 1.29 is 0 Å². The van der Waals surface area contributed by atoms with Crippen LogP contribution >= 0.6 is 42.7 Å². The third-order valence-corrected chi connectivity index (χ3v) is 4.05. The van der Waals surface area contributed by atoms with E-state index in [4.69, 9.17) is 0 Å². The molecule has 0 amide bonds. The van der Waals surface area contributed by atoms with Crippen LogP contribution in [-0.4, -0.2) is 13.9 Å². The zero-order valence-electron chi connectivity index (χ0n) is 4.83. The number of nitrogens with one attached hydrogen (secondary N) is 1. The molecule has 0 rings (SSSR count). The molecule has 0 radical (unpaired) electrons. The van der Waals surface area contributed by atoms with Crippen molar-refractivity contribution in [1.29, 1.82) is 0 Å². The molecule has 0 fully saturated rings. The van der Waals surface area contributed by atoms with Crippen LogP contribution < -0.4 is 3.53 Å². The predicted molar refractivity (Wildman–Crippen MR) is 52.5 cm³/mol. The van der Waals surface area contributed by atoms with Crippen molar-refractivity contribution in [3.05, 3.63) is 0 Å². The van der Waals surface area contributed by atoms with Crippen LogP contribution in [0.1, 0.15) is 6.92 Å². The number of alkyl halides is 3. The average molecular weight is 327 g/mol. The molecule has 0 spiro atoms. The summed E-state index contributed by atoms with van der Waals surface area (Å²) in [6, 6.07) is 0. The summed E-state index contributed by atoms with van der Waals surface area (Å²) >= 11 is 1.76. The predicted octanol–water partition coefficient (Wildman–Crippen LogP) is 2.04. The second kappa shape index (κ2) is 4.31. The van der Waals surface area contributed by atoms with Crippen LogP contribution in [0.15, 0.2) is 0 Å². The summed E-state index contributed by atoms with van der Waals surface area (Å²) < 4.78 is 4.11. The normalized spacial score (nSPS) is 16.3. The van der Waals surface area contributed by atoms with Gasteiger partial charge in [-0.2, -0.15) is 0 Å². The van der Waals surface area contributed by atoms with Gasteiger partial charge >= 0.3 is 67.0 Å². The molecule has 0 saturated heterocycles. The fraction of sp³-hybridized carbons (Fsp3) is 1.00. The first kappa shape index (κ1) is 8.42. The minimum absolute atomic E-state index is 0.627. The van der Waals surface area contributed by atoms with Crippen LogP contribution in [0.3, 0.4) is 0 Å². The Morgan fingerprint density at radius 2 is 2.00 bits per heavy atom. The average Bonchev–Trinajstić information content (AvgIpc) is 1.27. The van der Waals surface area contributed by atoms with Gasteiger partial charge < -0.3 is 0 Å². The van der Waals surface area contributed by atoms with Crippen molar-refractivity contribution >= 4 is 42.7 Å². The van der Waals surface area contributed by atoms with Gasteiger partial charge in [0.05, 0.1) is 0 Å². The SMILES string of the molecule is C[C@@H](I)NI(C)C. The molecule has 0 aromatic heterocycles. The maximum atomic E-state index is 3.45. The molecule has 0 aromatic carbocycles. The quantitative estimate of drug-likeness (QED) is 0.354. The van der Waals surface area contributed by atoms with E-state index < -0.39 is 20.1 Å². The fourth-order valence-corrected chi connectivity index (χ4v) is 5.18. The van der Waals surface area contributed by atoms with Gasteiger partial charge in [-0.3, -0.25) is 0 Å². The Bertz CT molecular complexity index is 39.0. The summed E-state index contributed by atoms with van der Waals surface area (Å²) in [7, 11) is 0. The summed E-state index contributed by atoms with van der Waals surface area (Å²) in [5.74, 6) is 0. The third kappa shape index (κ3) is 7.42. The van der Waals surface area contributed by atoms with Crippen LogP contribution in [0.4, 0.5) is 0 Å². The van der Waals surface area contributed by atoms with Gasteiger partial charge in [-0.15, -0.1) is 0 Å². The van der Waals surface area contributed by atoms with E-state index in [9.17, 15) is 0 Å². The standard InChI is InChI=1S/C4H11I2N/c1-4(5)7-6(2)3/h4,7H,1-3H3/t4-/m0/s1. The molecule has 0 heterocycles. The summed E-state index contributed by atoms with van der Waals surface area (Å²) in [5, 5.41) is 0. The summed E-state index contributed by atoms with van der Waals surface area (Å²) in [4.78, 5) is 4.61. The van der Waals surface area contributed by atoms with Crippen molar-refractivity contribution in [2.75, 3.05) is 9.86 Å². The van der Waals surface area contributed by atoms with Gasteiger partial charge in [-0.25, -0.2) is 0 Å². The maximum absolute atomic E-state index is 3.45. The molecule has 0 saturated carbocycles. The molecule has 0 aliphatic carbocycles. The van der Waals surface area contributed by atoms with Crippen molar-refractivity contribution in [2.45, 2.75) is 11.0 Å². The summed E-state index contributed by atoms with van der Waals surface area (Å²) in [6.07, 6.45) is 0. The second-order valence-electron chi connectivity index (χ2n) is 1.48. The Morgan fingerprint density at radius 3 is 2.00 bits per heavy atom. The van der Waals surface area contributed by atoms with E-state index in [1.165, 1.54) is 0 Å². The first-order valence-corrected chi connectivity index (χ1v) is 8.67. The summed E-state index contributed by atoms with van der Waals surface area (Å²) in [6.45, 7) is 2.18. The van der Waals surface area contributed by atoms with E-state index in [2.05, 4.69) is 42.9 Å². The number of hydrogen-bond donors (Lipinski definition) is 1. The van der Waals surface area contributed by atoms with Gasteiger partial charge in [0.15, 0.2) is 0 Å². The molecule has 1 N–H and O–H groups in total. The second-order valence-corrected chi connectivity index (χ2v) is 8.29. The Labute approximate surface area is 66.5 Å². The molecule has 0 aromatic rings. The molecule has 0 aliphatic rings.